The molecule has 1 amide bonds. The number of amides is 1. The fourth-order valence-corrected chi connectivity index (χ4v) is 2.72. The van der Waals surface area contributed by atoms with Crippen molar-refractivity contribution in [3.05, 3.63) is 24.3 Å². The van der Waals surface area contributed by atoms with Crippen LogP contribution in [0.2, 0.25) is 0 Å². The summed E-state index contributed by atoms with van der Waals surface area (Å²) < 4.78 is 0. The summed E-state index contributed by atoms with van der Waals surface area (Å²) >= 11 is 0. The Morgan fingerprint density at radius 1 is 1.20 bits per heavy atom. The van der Waals surface area contributed by atoms with E-state index in [1.54, 1.807) is 0 Å². The molecular formula is C17H26N2O. The van der Waals surface area contributed by atoms with Crippen LogP contribution in [0, 0.1) is 11.8 Å². The van der Waals surface area contributed by atoms with E-state index in [0.717, 1.165) is 17.3 Å². The van der Waals surface area contributed by atoms with Crippen molar-refractivity contribution in [2.45, 2.75) is 52.5 Å². The quantitative estimate of drug-likeness (QED) is 0.860. The number of carbonyl (C=O) groups excluding carboxylic acids is 1. The third-order valence-corrected chi connectivity index (χ3v) is 4.12. The summed E-state index contributed by atoms with van der Waals surface area (Å²) in [7, 11) is 0. The molecule has 0 heterocycles. The van der Waals surface area contributed by atoms with Gasteiger partial charge in [-0.15, -0.1) is 0 Å². The molecule has 2 unspecified atom stereocenters. The lowest BCUT2D eigenvalue weighted by Gasteiger charge is -2.30. The van der Waals surface area contributed by atoms with E-state index in [1.807, 2.05) is 32.0 Å². The van der Waals surface area contributed by atoms with Crippen molar-refractivity contribution in [2.75, 3.05) is 10.6 Å². The standard InChI is InChI=1S/C17H26N2O/c1-12(2)17(20)19-15-9-6-8-14(11-15)18-16-10-5-4-7-13(16)3/h6,8-9,11-13,16,18H,4-5,7,10H2,1-3H3,(H,19,20). The highest BCUT2D eigenvalue weighted by Gasteiger charge is 2.20. The first-order valence-corrected chi connectivity index (χ1v) is 7.73. The SMILES string of the molecule is CC(C)C(=O)Nc1cccc(NC2CCCCC2C)c1. The Labute approximate surface area is 122 Å². The molecule has 20 heavy (non-hydrogen) atoms. The molecule has 2 atom stereocenters. The molecule has 1 fully saturated rings. The smallest absolute Gasteiger partial charge is 0.226 e. The first-order chi connectivity index (χ1) is 9.56. The number of anilines is 2. The van der Waals surface area contributed by atoms with E-state index in [4.69, 9.17) is 0 Å². The highest BCUT2D eigenvalue weighted by atomic mass is 16.1. The summed E-state index contributed by atoms with van der Waals surface area (Å²) in [5.41, 5.74) is 1.97. The molecule has 1 aliphatic rings. The van der Waals surface area contributed by atoms with Crippen LogP contribution in [-0.4, -0.2) is 11.9 Å². The lowest BCUT2D eigenvalue weighted by molar-refractivity contribution is -0.118. The van der Waals surface area contributed by atoms with Gasteiger partial charge in [-0.2, -0.15) is 0 Å². The lowest BCUT2D eigenvalue weighted by Crippen LogP contribution is -2.30. The summed E-state index contributed by atoms with van der Waals surface area (Å²) in [4.78, 5) is 11.7. The Morgan fingerprint density at radius 3 is 2.60 bits per heavy atom. The third-order valence-electron chi connectivity index (χ3n) is 4.12. The van der Waals surface area contributed by atoms with Crippen molar-refractivity contribution in [1.82, 2.24) is 0 Å². The molecule has 3 nitrogen and oxygen atoms in total. The molecule has 0 radical (unpaired) electrons. The molecule has 1 saturated carbocycles. The molecule has 110 valence electrons. The number of carbonyl (C=O) groups is 1. The highest BCUT2D eigenvalue weighted by molar-refractivity contribution is 5.92. The molecule has 0 saturated heterocycles. The van der Waals surface area contributed by atoms with E-state index in [0.29, 0.717) is 6.04 Å². The highest BCUT2D eigenvalue weighted by Crippen LogP contribution is 2.27. The zero-order valence-electron chi connectivity index (χ0n) is 12.8. The van der Waals surface area contributed by atoms with Crippen LogP contribution in [0.1, 0.15) is 46.5 Å². The number of hydrogen-bond donors (Lipinski definition) is 2. The van der Waals surface area contributed by atoms with Crippen LogP contribution < -0.4 is 10.6 Å². The van der Waals surface area contributed by atoms with Gasteiger partial charge in [0.2, 0.25) is 5.91 Å². The normalized spacial score (nSPS) is 22.6. The summed E-state index contributed by atoms with van der Waals surface area (Å²) in [6.45, 7) is 6.13. The number of nitrogens with one attached hydrogen (secondary N) is 2. The van der Waals surface area contributed by atoms with Crippen LogP contribution in [0.5, 0.6) is 0 Å². The minimum absolute atomic E-state index is 0.00461. The molecule has 2 rings (SSSR count). The van der Waals surface area contributed by atoms with E-state index in [9.17, 15) is 4.79 Å². The Kier molecular flexibility index (Phi) is 5.05. The van der Waals surface area contributed by atoms with E-state index >= 15 is 0 Å². The Bertz CT molecular complexity index is 456. The molecule has 0 aliphatic heterocycles. The second kappa shape index (κ2) is 6.78. The molecule has 0 bridgehead atoms. The van der Waals surface area contributed by atoms with Gasteiger partial charge in [0.1, 0.15) is 0 Å². The Hall–Kier alpha value is -1.51. The molecule has 0 aromatic heterocycles. The molecular weight excluding hydrogens is 248 g/mol. The fourth-order valence-electron chi connectivity index (χ4n) is 2.72. The molecule has 1 aliphatic carbocycles. The predicted octanol–water partition coefficient (Wildman–Crippen LogP) is 4.27. The van der Waals surface area contributed by atoms with E-state index in [1.165, 1.54) is 25.7 Å². The summed E-state index contributed by atoms with van der Waals surface area (Å²) in [6, 6.07) is 8.59. The minimum Gasteiger partial charge on any atom is -0.382 e. The van der Waals surface area contributed by atoms with E-state index in [2.05, 4.69) is 23.6 Å². The van der Waals surface area contributed by atoms with Crippen molar-refractivity contribution in [2.24, 2.45) is 11.8 Å². The van der Waals surface area contributed by atoms with Crippen LogP contribution in [-0.2, 0) is 4.79 Å². The van der Waals surface area contributed by atoms with Crippen molar-refractivity contribution in [3.63, 3.8) is 0 Å². The van der Waals surface area contributed by atoms with Gasteiger partial charge >= 0.3 is 0 Å². The van der Waals surface area contributed by atoms with E-state index < -0.39 is 0 Å². The van der Waals surface area contributed by atoms with Crippen LogP contribution in [0.3, 0.4) is 0 Å². The lowest BCUT2D eigenvalue weighted by atomic mass is 9.86. The maximum atomic E-state index is 11.7. The van der Waals surface area contributed by atoms with Gasteiger partial charge in [0.05, 0.1) is 0 Å². The van der Waals surface area contributed by atoms with Gasteiger partial charge in [0.25, 0.3) is 0 Å². The number of hydrogen-bond acceptors (Lipinski definition) is 2. The van der Waals surface area contributed by atoms with Gasteiger partial charge in [0.15, 0.2) is 0 Å². The molecule has 1 aromatic rings. The average molecular weight is 274 g/mol. The Morgan fingerprint density at radius 2 is 1.90 bits per heavy atom. The topological polar surface area (TPSA) is 41.1 Å². The third kappa shape index (κ3) is 3.99. The minimum atomic E-state index is 0.00461. The largest absolute Gasteiger partial charge is 0.382 e. The monoisotopic (exact) mass is 274 g/mol. The van der Waals surface area contributed by atoms with Crippen LogP contribution in [0.25, 0.3) is 0 Å². The number of rotatable bonds is 4. The molecule has 2 N–H and O–H groups in total. The van der Waals surface area contributed by atoms with Crippen molar-refractivity contribution >= 4 is 17.3 Å². The van der Waals surface area contributed by atoms with Gasteiger partial charge < -0.3 is 10.6 Å². The number of benzene rings is 1. The molecule has 1 aromatic carbocycles. The fraction of sp³-hybridized carbons (Fsp3) is 0.588. The predicted molar refractivity (Wildman–Crippen MR) is 85.0 cm³/mol. The second-order valence-electron chi connectivity index (χ2n) is 6.24. The van der Waals surface area contributed by atoms with Crippen molar-refractivity contribution in [3.8, 4) is 0 Å². The first-order valence-electron chi connectivity index (χ1n) is 7.73. The summed E-state index contributed by atoms with van der Waals surface area (Å²) in [5.74, 6) is 0.788. The molecule has 0 spiro atoms. The van der Waals surface area contributed by atoms with Crippen molar-refractivity contribution in [1.29, 1.82) is 0 Å². The van der Waals surface area contributed by atoms with Gasteiger partial charge in [-0.1, -0.05) is 39.7 Å². The van der Waals surface area contributed by atoms with Gasteiger partial charge in [0, 0.05) is 23.3 Å². The average Bonchev–Trinajstić information content (AvgIpc) is 2.42. The van der Waals surface area contributed by atoms with Crippen molar-refractivity contribution < 1.29 is 4.79 Å². The van der Waals surface area contributed by atoms with Crippen LogP contribution in [0.15, 0.2) is 24.3 Å². The van der Waals surface area contributed by atoms with E-state index in [-0.39, 0.29) is 11.8 Å². The Balaban J connectivity index is 2.00. The maximum Gasteiger partial charge on any atom is 0.226 e. The van der Waals surface area contributed by atoms with Gasteiger partial charge in [-0.25, -0.2) is 0 Å². The maximum absolute atomic E-state index is 11.7. The van der Waals surface area contributed by atoms with Gasteiger partial charge in [-0.3, -0.25) is 4.79 Å². The first kappa shape index (κ1) is 14.9. The molecule has 3 heteroatoms. The zero-order valence-corrected chi connectivity index (χ0v) is 12.8. The van der Waals surface area contributed by atoms with Crippen LogP contribution in [0.4, 0.5) is 11.4 Å². The second-order valence-corrected chi connectivity index (χ2v) is 6.24. The summed E-state index contributed by atoms with van der Waals surface area (Å²) in [5, 5.41) is 6.57. The van der Waals surface area contributed by atoms with Gasteiger partial charge in [-0.05, 0) is 37.0 Å². The summed E-state index contributed by atoms with van der Waals surface area (Å²) in [6.07, 6.45) is 5.21. The van der Waals surface area contributed by atoms with Crippen LogP contribution >= 0.6 is 0 Å². The zero-order chi connectivity index (χ0) is 14.5.